The fourth-order valence-electron chi connectivity index (χ4n) is 1.80. The Morgan fingerprint density at radius 2 is 2.53 bits per heavy atom. The standard InChI is InChI=1S/C12H15N3O2/c1-12(13,11(16)17-2)5-8-6-15-10-3-4-14-7-9(8)10/h3-4,6-7,15H,5,13H2,1-2H3/t12-/m0/s1/i7D. The zero-order valence-electron chi connectivity index (χ0n) is 10.8. The average Bonchev–Trinajstić information content (AvgIpc) is 2.72. The van der Waals surface area contributed by atoms with Gasteiger partial charge in [-0.25, -0.2) is 0 Å². The van der Waals surface area contributed by atoms with E-state index in [1.54, 1.807) is 25.4 Å². The minimum Gasteiger partial charge on any atom is -0.468 e. The maximum Gasteiger partial charge on any atom is 0.325 e. The highest BCUT2D eigenvalue weighted by Gasteiger charge is 2.30. The fraction of sp³-hybridized carbons (Fsp3) is 0.333. The first-order valence-corrected chi connectivity index (χ1v) is 5.24. The number of hydrogen-bond donors (Lipinski definition) is 2. The van der Waals surface area contributed by atoms with E-state index in [0.29, 0.717) is 5.39 Å². The first-order valence-electron chi connectivity index (χ1n) is 5.74. The van der Waals surface area contributed by atoms with Gasteiger partial charge in [0.2, 0.25) is 0 Å². The number of ether oxygens (including phenoxy) is 1. The number of rotatable bonds is 3. The molecular weight excluding hydrogens is 218 g/mol. The highest BCUT2D eigenvalue weighted by atomic mass is 16.5. The van der Waals surface area contributed by atoms with Crippen LogP contribution in [0.4, 0.5) is 0 Å². The van der Waals surface area contributed by atoms with Crippen LogP contribution in [-0.4, -0.2) is 28.6 Å². The molecular formula is C12H15N3O2. The van der Waals surface area contributed by atoms with E-state index in [0.717, 1.165) is 11.1 Å². The summed E-state index contributed by atoms with van der Waals surface area (Å²) in [4.78, 5) is 18.5. The Labute approximate surface area is 100 Å². The van der Waals surface area contributed by atoms with Gasteiger partial charge >= 0.3 is 5.97 Å². The van der Waals surface area contributed by atoms with E-state index < -0.39 is 11.5 Å². The number of H-pyrrole nitrogens is 1. The SMILES string of the molecule is [2H]c1nccc2[nH]cc(C[C@](C)(N)C(=O)OC)c12. The van der Waals surface area contributed by atoms with Gasteiger partial charge in [0.15, 0.2) is 0 Å². The molecule has 5 nitrogen and oxygen atoms in total. The molecule has 2 aromatic heterocycles. The number of aromatic amines is 1. The van der Waals surface area contributed by atoms with Gasteiger partial charge in [-0.15, -0.1) is 0 Å². The maximum absolute atomic E-state index is 11.6. The van der Waals surface area contributed by atoms with E-state index in [4.69, 9.17) is 7.10 Å². The quantitative estimate of drug-likeness (QED) is 0.776. The van der Waals surface area contributed by atoms with Crippen molar-refractivity contribution >= 4 is 16.9 Å². The Morgan fingerprint density at radius 3 is 3.24 bits per heavy atom. The van der Waals surface area contributed by atoms with E-state index in [9.17, 15) is 4.79 Å². The molecule has 5 heteroatoms. The van der Waals surface area contributed by atoms with E-state index in [1.165, 1.54) is 7.11 Å². The van der Waals surface area contributed by atoms with Crippen LogP contribution in [0.15, 0.2) is 24.6 Å². The molecule has 0 amide bonds. The maximum atomic E-state index is 11.6. The summed E-state index contributed by atoms with van der Waals surface area (Å²) in [6, 6.07) is 1.78. The van der Waals surface area contributed by atoms with Crippen molar-refractivity contribution in [3.63, 3.8) is 0 Å². The van der Waals surface area contributed by atoms with Gasteiger partial charge in [-0.1, -0.05) is 0 Å². The second-order valence-electron chi connectivity index (χ2n) is 4.25. The first kappa shape index (κ1) is 10.3. The van der Waals surface area contributed by atoms with Crippen LogP contribution in [0.2, 0.25) is 0 Å². The Kier molecular flexibility index (Phi) is 2.53. The van der Waals surface area contributed by atoms with Crippen LogP contribution in [0.1, 0.15) is 13.9 Å². The molecule has 2 heterocycles. The van der Waals surface area contributed by atoms with Crippen LogP contribution in [0.5, 0.6) is 0 Å². The molecule has 1 atom stereocenters. The lowest BCUT2D eigenvalue weighted by Gasteiger charge is -2.20. The lowest BCUT2D eigenvalue weighted by molar-refractivity contribution is -0.146. The number of carbonyl (C=O) groups is 1. The Bertz CT molecular complexity index is 592. The summed E-state index contributed by atoms with van der Waals surface area (Å²) in [7, 11) is 1.31. The number of methoxy groups -OCH3 is 1. The number of aromatic nitrogens is 2. The fourth-order valence-corrected chi connectivity index (χ4v) is 1.80. The second-order valence-corrected chi connectivity index (χ2v) is 4.25. The third-order valence-corrected chi connectivity index (χ3v) is 2.69. The smallest absolute Gasteiger partial charge is 0.325 e. The van der Waals surface area contributed by atoms with Crippen LogP contribution in [0.3, 0.4) is 0 Å². The van der Waals surface area contributed by atoms with Crippen molar-refractivity contribution in [2.45, 2.75) is 18.9 Å². The molecule has 0 bridgehead atoms. The average molecular weight is 234 g/mol. The molecule has 17 heavy (non-hydrogen) atoms. The topological polar surface area (TPSA) is 81.0 Å². The Morgan fingerprint density at radius 1 is 1.76 bits per heavy atom. The lowest BCUT2D eigenvalue weighted by atomic mass is 9.94. The zero-order chi connectivity index (χ0) is 13.3. The van der Waals surface area contributed by atoms with Crippen molar-refractivity contribution in [1.82, 2.24) is 9.97 Å². The van der Waals surface area contributed by atoms with Crippen molar-refractivity contribution in [2.75, 3.05) is 7.11 Å². The number of nitrogens with one attached hydrogen (secondary N) is 1. The van der Waals surface area contributed by atoms with Crippen molar-refractivity contribution in [3.05, 3.63) is 30.2 Å². The summed E-state index contributed by atoms with van der Waals surface area (Å²) in [5.41, 5.74) is 6.42. The second kappa shape index (κ2) is 4.18. The van der Waals surface area contributed by atoms with Gasteiger partial charge in [-0.2, -0.15) is 0 Å². The van der Waals surface area contributed by atoms with Gasteiger partial charge in [-0.05, 0) is 18.6 Å². The van der Waals surface area contributed by atoms with Crippen LogP contribution < -0.4 is 5.73 Å². The number of fused-ring (bicyclic) bond motifs is 1. The molecule has 0 saturated heterocycles. The molecule has 0 spiro atoms. The summed E-state index contributed by atoms with van der Waals surface area (Å²) in [5, 5.41) is 0.693. The largest absolute Gasteiger partial charge is 0.468 e. The van der Waals surface area contributed by atoms with Gasteiger partial charge in [-0.3, -0.25) is 9.78 Å². The monoisotopic (exact) mass is 234 g/mol. The van der Waals surface area contributed by atoms with E-state index >= 15 is 0 Å². The highest BCUT2D eigenvalue weighted by Crippen LogP contribution is 2.21. The zero-order valence-corrected chi connectivity index (χ0v) is 9.78. The molecule has 0 fully saturated rings. The molecule has 2 aromatic rings. The molecule has 3 N–H and O–H groups in total. The van der Waals surface area contributed by atoms with Crippen molar-refractivity contribution in [2.24, 2.45) is 5.73 Å². The molecule has 90 valence electrons. The van der Waals surface area contributed by atoms with Crippen molar-refractivity contribution in [3.8, 4) is 0 Å². The van der Waals surface area contributed by atoms with Gasteiger partial charge in [0.05, 0.1) is 8.48 Å². The highest BCUT2D eigenvalue weighted by molar-refractivity contribution is 5.85. The number of hydrogen-bond acceptors (Lipinski definition) is 4. The number of nitrogens with zero attached hydrogens (tertiary/aromatic N) is 1. The molecule has 0 unspecified atom stereocenters. The molecule has 0 saturated carbocycles. The van der Waals surface area contributed by atoms with Crippen LogP contribution in [-0.2, 0) is 16.0 Å². The van der Waals surface area contributed by atoms with Crippen LogP contribution in [0.25, 0.3) is 10.9 Å². The Hall–Kier alpha value is -1.88. The number of nitrogens with two attached hydrogens (primary N) is 1. The molecule has 0 aliphatic rings. The van der Waals surface area contributed by atoms with Crippen molar-refractivity contribution in [1.29, 1.82) is 0 Å². The predicted molar refractivity (Wildman–Crippen MR) is 64.4 cm³/mol. The van der Waals surface area contributed by atoms with Gasteiger partial charge in [0.25, 0.3) is 0 Å². The minimum atomic E-state index is -1.12. The van der Waals surface area contributed by atoms with Gasteiger partial charge in [0.1, 0.15) is 5.54 Å². The third kappa shape index (κ3) is 2.14. The van der Waals surface area contributed by atoms with Crippen LogP contribution in [0, 0.1) is 0 Å². The molecule has 0 aliphatic heterocycles. The molecule has 0 aliphatic carbocycles. The summed E-state index contributed by atoms with van der Waals surface area (Å²) >= 11 is 0. The van der Waals surface area contributed by atoms with Gasteiger partial charge < -0.3 is 15.5 Å². The predicted octanol–water partition coefficient (Wildman–Crippen LogP) is 0.996. The first-order chi connectivity index (χ1) is 8.45. The number of carbonyl (C=O) groups excluding carboxylic acids is 1. The van der Waals surface area contributed by atoms with E-state index in [-0.39, 0.29) is 12.6 Å². The summed E-state index contributed by atoms with van der Waals surface area (Å²) in [6.07, 6.45) is 3.77. The van der Waals surface area contributed by atoms with E-state index in [1.807, 2.05) is 0 Å². The normalized spacial score (nSPS) is 15.4. The summed E-state index contributed by atoms with van der Waals surface area (Å²) < 4.78 is 12.5. The third-order valence-electron chi connectivity index (χ3n) is 2.69. The van der Waals surface area contributed by atoms with E-state index in [2.05, 4.69) is 14.7 Å². The molecule has 0 aromatic carbocycles. The number of pyridine rings is 1. The molecule has 2 rings (SSSR count). The molecule has 0 radical (unpaired) electrons. The number of esters is 1. The lowest BCUT2D eigenvalue weighted by Crippen LogP contribution is -2.47. The Balaban J connectivity index is 2.41. The van der Waals surface area contributed by atoms with Crippen LogP contribution >= 0.6 is 0 Å². The minimum absolute atomic E-state index is 0.171. The summed E-state index contributed by atoms with van der Waals surface area (Å²) in [6.45, 7) is 1.61. The van der Waals surface area contributed by atoms with Crippen molar-refractivity contribution < 1.29 is 10.9 Å². The van der Waals surface area contributed by atoms with Gasteiger partial charge in [0, 0.05) is 35.9 Å². The summed E-state index contributed by atoms with van der Waals surface area (Å²) in [5.74, 6) is -0.479.